The van der Waals surface area contributed by atoms with Crippen molar-refractivity contribution in [3.05, 3.63) is 0 Å². The molecule has 0 amide bonds. The fraction of sp³-hybridized carbons (Fsp3) is 1.00. The van der Waals surface area contributed by atoms with Crippen molar-refractivity contribution in [3.8, 4) is 0 Å². The molecule has 0 saturated heterocycles. The van der Waals surface area contributed by atoms with Crippen molar-refractivity contribution in [1.29, 1.82) is 0 Å². The molecule has 4 N–H and O–H groups in total. The normalized spacial score (nSPS) is 17.0. The summed E-state index contributed by atoms with van der Waals surface area (Å²) in [4.78, 5) is 17.2. The van der Waals surface area contributed by atoms with E-state index in [1.165, 1.54) is 0 Å². The molecule has 62 valence electrons. The molecule has 0 aliphatic rings. The van der Waals surface area contributed by atoms with Crippen LogP contribution >= 0.6 is 7.60 Å². The molecule has 0 aliphatic heterocycles. The summed E-state index contributed by atoms with van der Waals surface area (Å²) in [6.07, 6.45) is 0. The molecule has 10 heavy (non-hydrogen) atoms. The van der Waals surface area contributed by atoms with Crippen molar-refractivity contribution in [2.24, 2.45) is 11.1 Å². The third-order valence-corrected chi connectivity index (χ3v) is 2.75. The van der Waals surface area contributed by atoms with E-state index in [0.717, 1.165) is 0 Å². The zero-order valence-corrected chi connectivity index (χ0v) is 7.30. The van der Waals surface area contributed by atoms with Gasteiger partial charge in [-0.1, -0.05) is 20.8 Å². The minimum absolute atomic E-state index is 0.543. The maximum Gasteiger partial charge on any atom is 0.342 e. The van der Waals surface area contributed by atoms with Crippen molar-refractivity contribution in [3.63, 3.8) is 0 Å². The molecule has 1 atom stereocenters. The number of nitrogens with two attached hydrogens (primary N) is 1. The lowest BCUT2D eigenvalue weighted by atomic mass is 9.97. The average Bonchev–Trinajstić information content (AvgIpc) is 1.59. The van der Waals surface area contributed by atoms with Gasteiger partial charge in [0.05, 0.1) is 0 Å². The van der Waals surface area contributed by atoms with Crippen LogP contribution in [0, 0.1) is 5.41 Å². The van der Waals surface area contributed by atoms with Crippen LogP contribution < -0.4 is 5.73 Å². The first kappa shape index (κ1) is 10.1. The number of rotatable bonds is 1. The summed E-state index contributed by atoms with van der Waals surface area (Å²) in [5.74, 6) is -1.07. The van der Waals surface area contributed by atoms with Gasteiger partial charge in [0.15, 0.2) is 0 Å². The van der Waals surface area contributed by atoms with Gasteiger partial charge < -0.3 is 15.5 Å². The Labute approximate surface area is 60.6 Å². The van der Waals surface area contributed by atoms with Crippen LogP contribution in [0.15, 0.2) is 0 Å². The molecule has 5 heteroatoms. The summed E-state index contributed by atoms with van der Waals surface area (Å²) in [6, 6.07) is 0. The number of hydrogen-bond acceptors (Lipinski definition) is 2. The predicted molar refractivity (Wildman–Crippen MR) is 39.5 cm³/mol. The fourth-order valence-electron chi connectivity index (χ4n) is 0.505. The molecule has 0 aliphatic carbocycles. The van der Waals surface area contributed by atoms with Gasteiger partial charge in [0.1, 0.15) is 5.78 Å². The van der Waals surface area contributed by atoms with Crippen molar-refractivity contribution < 1.29 is 14.4 Å². The Balaban J connectivity index is 4.39. The van der Waals surface area contributed by atoms with Crippen LogP contribution in [0.2, 0.25) is 0 Å². The summed E-state index contributed by atoms with van der Waals surface area (Å²) in [6.45, 7) is 5.07. The van der Waals surface area contributed by atoms with E-state index in [1.54, 1.807) is 20.8 Å². The minimum atomic E-state index is -4.10. The van der Waals surface area contributed by atoms with Gasteiger partial charge in [-0.25, -0.2) is 0 Å². The quantitative estimate of drug-likeness (QED) is 0.496. The second kappa shape index (κ2) is 2.62. The molecule has 0 aromatic rings. The van der Waals surface area contributed by atoms with E-state index >= 15 is 0 Å². The van der Waals surface area contributed by atoms with Gasteiger partial charge in [-0.15, -0.1) is 0 Å². The molecule has 0 aromatic heterocycles. The Morgan fingerprint density at radius 3 is 1.70 bits per heavy atom. The molecule has 4 nitrogen and oxygen atoms in total. The molecule has 0 bridgehead atoms. The third kappa shape index (κ3) is 2.80. The summed E-state index contributed by atoms with van der Waals surface area (Å²) in [7, 11) is -4.10. The largest absolute Gasteiger partial charge is 0.342 e. The number of hydrogen-bond donors (Lipinski definition) is 3. The highest BCUT2D eigenvalue weighted by Crippen LogP contribution is 2.46. The van der Waals surface area contributed by atoms with E-state index in [2.05, 4.69) is 0 Å². The van der Waals surface area contributed by atoms with Gasteiger partial charge in [-0.2, -0.15) is 0 Å². The predicted octanol–water partition coefficient (Wildman–Crippen LogP) is 0.495. The molecular formula is C5H14NO3P. The second-order valence-corrected chi connectivity index (χ2v) is 5.13. The Hall–Kier alpha value is 0.110. The van der Waals surface area contributed by atoms with Crippen LogP contribution in [0.1, 0.15) is 20.8 Å². The molecule has 0 aromatic carbocycles. The van der Waals surface area contributed by atoms with Gasteiger partial charge >= 0.3 is 7.60 Å². The molecule has 0 radical (unpaired) electrons. The van der Waals surface area contributed by atoms with E-state index in [4.69, 9.17) is 15.5 Å². The Morgan fingerprint density at radius 1 is 1.40 bits per heavy atom. The standard InChI is InChI=1S/C5H14NO3P/c1-5(2,3)4(6)10(7,8)9/h4H,6H2,1-3H3,(H2,7,8,9). The second-order valence-electron chi connectivity index (χ2n) is 3.40. The van der Waals surface area contributed by atoms with Crippen molar-refractivity contribution in [2.45, 2.75) is 26.6 Å². The fourth-order valence-corrected chi connectivity index (χ4v) is 1.51. The van der Waals surface area contributed by atoms with Crippen LogP contribution in [-0.2, 0) is 4.57 Å². The molecule has 0 heterocycles. The molecule has 1 unspecified atom stereocenters. The van der Waals surface area contributed by atoms with Gasteiger partial charge in [-0.05, 0) is 5.41 Å². The maximum absolute atomic E-state index is 10.5. The monoisotopic (exact) mass is 167 g/mol. The van der Waals surface area contributed by atoms with Gasteiger partial charge in [0.2, 0.25) is 0 Å². The average molecular weight is 167 g/mol. The molecule has 0 fully saturated rings. The Morgan fingerprint density at radius 2 is 1.70 bits per heavy atom. The highest BCUT2D eigenvalue weighted by molar-refractivity contribution is 7.52. The van der Waals surface area contributed by atoms with Gasteiger partial charge in [0.25, 0.3) is 0 Å². The van der Waals surface area contributed by atoms with E-state index in [-0.39, 0.29) is 0 Å². The molecule has 0 saturated carbocycles. The molecular weight excluding hydrogens is 153 g/mol. The van der Waals surface area contributed by atoms with Gasteiger partial charge in [0, 0.05) is 0 Å². The summed E-state index contributed by atoms with van der Waals surface area (Å²) >= 11 is 0. The topological polar surface area (TPSA) is 83.6 Å². The Kier molecular flexibility index (Phi) is 2.65. The molecule has 0 rings (SSSR count). The van der Waals surface area contributed by atoms with E-state index in [0.29, 0.717) is 0 Å². The van der Waals surface area contributed by atoms with Crippen molar-refractivity contribution in [2.75, 3.05) is 0 Å². The summed E-state index contributed by atoms with van der Waals surface area (Å²) in [5, 5.41) is 0. The van der Waals surface area contributed by atoms with Crippen LogP contribution in [0.4, 0.5) is 0 Å². The zero-order valence-electron chi connectivity index (χ0n) is 6.40. The van der Waals surface area contributed by atoms with Crippen LogP contribution in [0.25, 0.3) is 0 Å². The smallest absolute Gasteiger partial charge is 0.323 e. The van der Waals surface area contributed by atoms with Crippen LogP contribution in [-0.4, -0.2) is 15.6 Å². The van der Waals surface area contributed by atoms with E-state index in [9.17, 15) is 4.57 Å². The molecule has 0 spiro atoms. The first-order valence-electron chi connectivity index (χ1n) is 2.96. The third-order valence-electron chi connectivity index (χ3n) is 1.25. The minimum Gasteiger partial charge on any atom is -0.323 e. The van der Waals surface area contributed by atoms with Crippen LogP contribution in [0.5, 0.6) is 0 Å². The maximum atomic E-state index is 10.5. The SMILES string of the molecule is CC(C)(C)C(N)P(=O)(O)O. The summed E-state index contributed by atoms with van der Waals surface area (Å²) < 4.78 is 10.5. The van der Waals surface area contributed by atoms with E-state index in [1.807, 2.05) is 0 Å². The van der Waals surface area contributed by atoms with E-state index < -0.39 is 18.8 Å². The lowest BCUT2D eigenvalue weighted by Crippen LogP contribution is -2.34. The highest BCUT2D eigenvalue weighted by atomic mass is 31.2. The first-order chi connectivity index (χ1) is 4.15. The zero-order chi connectivity index (χ0) is 8.58. The first-order valence-corrected chi connectivity index (χ1v) is 4.64. The highest BCUT2D eigenvalue weighted by Gasteiger charge is 2.35. The lowest BCUT2D eigenvalue weighted by Gasteiger charge is -2.27. The lowest BCUT2D eigenvalue weighted by molar-refractivity contribution is 0.298. The van der Waals surface area contributed by atoms with Crippen LogP contribution in [0.3, 0.4) is 0 Å². The van der Waals surface area contributed by atoms with Crippen molar-refractivity contribution in [1.82, 2.24) is 0 Å². The van der Waals surface area contributed by atoms with Crippen molar-refractivity contribution >= 4 is 7.60 Å². The Bertz CT molecular complexity index is 157. The summed E-state index contributed by atoms with van der Waals surface area (Å²) in [5.41, 5.74) is 4.72. The van der Waals surface area contributed by atoms with Gasteiger partial charge in [-0.3, -0.25) is 4.57 Å².